The number of nitrogens with one attached hydrogen (secondary N) is 3. The number of H-pyrrole nitrogens is 2. The first kappa shape index (κ1) is 32.2. The number of anilines is 1. The largest absolute Gasteiger partial charge is 0.384 e. The van der Waals surface area contributed by atoms with E-state index in [0.29, 0.717) is 55.2 Å². The third kappa shape index (κ3) is 7.00. The van der Waals surface area contributed by atoms with Gasteiger partial charge in [-0.3, -0.25) is 20.1 Å². The highest BCUT2D eigenvalue weighted by Crippen LogP contribution is 2.35. The Morgan fingerprint density at radius 2 is 1.60 bits per heavy atom. The van der Waals surface area contributed by atoms with Crippen LogP contribution in [0.5, 0.6) is 0 Å². The van der Waals surface area contributed by atoms with Crippen molar-refractivity contribution in [1.29, 1.82) is 0 Å². The molecule has 0 saturated heterocycles. The van der Waals surface area contributed by atoms with Crippen LogP contribution in [0.2, 0.25) is 0 Å². The number of likely N-dealkylation sites (N-methyl/N-ethyl adjacent to an activating group) is 1. The van der Waals surface area contributed by atoms with Crippen molar-refractivity contribution in [2.24, 2.45) is 0 Å². The maximum absolute atomic E-state index is 14.7. The van der Waals surface area contributed by atoms with Gasteiger partial charge in [-0.25, -0.2) is 21.2 Å². The zero-order valence-corrected chi connectivity index (χ0v) is 27.6. The van der Waals surface area contributed by atoms with Crippen molar-refractivity contribution in [2.75, 3.05) is 45.0 Å². The molecule has 0 atom stereocenters. The number of hydrogen-bond acceptors (Lipinski definition) is 10. The van der Waals surface area contributed by atoms with Gasteiger partial charge in [-0.15, -0.1) is 0 Å². The minimum atomic E-state index is -4.04. The number of aromatic amines is 2. The lowest BCUT2D eigenvalue weighted by molar-refractivity contribution is 0.425. The quantitative estimate of drug-likeness (QED) is 0.182. The Morgan fingerprint density at radius 3 is 2.34 bits per heavy atom. The average molecular weight is 678 g/mol. The van der Waals surface area contributed by atoms with Crippen molar-refractivity contribution in [3.8, 4) is 33.8 Å². The van der Waals surface area contributed by atoms with Crippen molar-refractivity contribution >= 4 is 47.5 Å². The molecule has 1 aromatic carbocycles. The van der Waals surface area contributed by atoms with Gasteiger partial charge in [0.2, 0.25) is 20.0 Å². The Hall–Kier alpha value is -4.77. The second kappa shape index (κ2) is 12.4. The summed E-state index contributed by atoms with van der Waals surface area (Å²) in [5.74, 6) is -0.361. The molecular formula is C31H32FN9O4S2. The summed E-state index contributed by atoms with van der Waals surface area (Å²) in [4.78, 5) is 18.5. The molecule has 3 N–H and O–H groups in total. The lowest BCUT2D eigenvalue weighted by Gasteiger charge is -2.17. The van der Waals surface area contributed by atoms with E-state index in [2.05, 4.69) is 35.5 Å². The number of benzene rings is 1. The fourth-order valence-electron chi connectivity index (χ4n) is 5.30. The lowest BCUT2D eigenvalue weighted by Crippen LogP contribution is -2.34. The maximum Gasteiger partial charge on any atom is 0.224 e. The number of fused-ring (bicyclic) bond motifs is 2. The fraction of sp³-hybridized carbons (Fsp3) is 0.226. The number of pyridine rings is 3. The zero-order chi connectivity index (χ0) is 33.5. The van der Waals surface area contributed by atoms with Crippen LogP contribution in [0.1, 0.15) is 5.56 Å². The fourth-order valence-corrected chi connectivity index (χ4v) is 8.04. The molecule has 0 aliphatic heterocycles. The Kier molecular flexibility index (Phi) is 8.52. The molecule has 6 aromatic rings. The van der Waals surface area contributed by atoms with E-state index in [4.69, 9.17) is 0 Å². The van der Waals surface area contributed by atoms with Crippen LogP contribution in [0, 0.1) is 5.82 Å². The molecule has 6 rings (SSSR count). The number of nitrogens with zero attached hydrogens (tertiary/aromatic N) is 6. The topological polar surface area (TPSA) is 170 Å². The lowest BCUT2D eigenvalue weighted by atomic mass is 10.0. The number of halogens is 1. The third-order valence-electron chi connectivity index (χ3n) is 7.49. The Labute approximate surface area is 271 Å². The number of sulfonamides is 2. The predicted molar refractivity (Wildman–Crippen MR) is 180 cm³/mol. The minimum absolute atomic E-state index is 0.361. The van der Waals surface area contributed by atoms with Crippen LogP contribution in [0.25, 0.3) is 55.6 Å². The molecule has 47 heavy (non-hydrogen) atoms. The molecule has 13 nitrogen and oxygen atoms in total. The Bertz CT molecular complexity index is 2310. The van der Waals surface area contributed by atoms with Crippen LogP contribution in [0.15, 0.2) is 67.4 Å². The first-order chi connectivity index (χ1) is 22.3. The van der Waals surface area contributed by atoms with E-state index < -0.39 is 26.6 Å². The van der Waals surface area contributed by atoms with Gasteiger partial charge in [0, 0.05) is 59.3 Å². The zero-order valence-electron chi connectivity index (χ0n) is 26.0. The predicted octanol–water partition coefficient (Wildman–Crippen LogP) is 4.06. The van der Waals surface area contributed by atoms with Crippen molar-refractivity contribution in [3.05, 3.63) is 78.8 Å². The number of aromatic nitrogens is 6. The van der Waals surface area contributed by atoms with Crippen LogP contribution in [0.3, 0.4) is 0 Å². The summed E-state index contributed by atoms with van der Waals surface area (Å²) >= 11 is 0. The van der Waals surface area contributed by atoms with Crippen LogP contribution >= 0.6 is 0 Å². The third-order valence-corrected chi connectivity index (χ3v) is 10.8. The smallest absolute Gasteiger partial charge is 0.224 e. The summed E-state index contributed by atoms with van der Waals surface area (Å²) in [6, 6.07) is 10.3. The molecule has 244 valence electrons. The number of rotatable bonds is 11. The summed E-state index contributed by atoms with van der Waals surface area (Å²) < 4.78 is 63.8. The van der Waals surface area contributed by atoms with E-state index in [1.807, 2.05) is 37.2 Å². The van der Waals surface area contributed by atoms with E-state index in [0.717, 1.165) is 40.9 Å². The van der Waals surface area contributed by atoms with Crippen LogP contribution in [0.4, 0.5) is 10.1 Å². The van der Waals surface area contributed by atoms with Gasteiger partial charge in [0.05, 0.1) is 53.9 Å². The van der Waals surface area contributed by atoms with Gasteiger partial charge < -0.3 is 15.2 Å². The molecule has 5 heterocycles. The molecule has 0 amide bonds. The van der Waals surface area contributed by atoms with E-state index >= 15 is 0 Å². The second-order valence-corrected chi connectivity index (χ2v) is 15.6. The molecule has 0 unspecified atom stereocenters. The summed E-state index contributed by atoms with van der Waals surface area (Å²) in [7, 11) is -4.13. The molecule has 0 saturated carbocycles. The Morgan fingerprint density at radius 1 is 0.830 bits per heavy atom. The molecule has 5 aromatic heterocycles. The molecule has 0 fully saturated rings. The van der Waals surface area contributed by atoms with Crippen molar-refractivity contribution < 1.29 is 21.2 Å². The highest BCUT2D eigenvalue weighted by molar-refractivity contribution is 8.03. The summed E-state index contributed by atoms with van der Waals surface area (Å²) in [5, 5.41) is 12.4. The van der Waals surface area contributed by atoms with E-state index in [-0.39, 0.29) is 5.82 Å². The van der Waals surface area contributed by atoms with Gasteiger partial charge in [0.1, 0.15) is 11.5 Å². The number of hydrogen-bond donors (Lipinski definition) is 3. The maximum atomic E-state index is 14.7. The SMILES string of the molecule is CN(C)CCNc1cc(F)cc(-c2cncc3[nH]c(-c4n[nH]c5cnc(-c6cncc(CN(S(C)(=O)=O)S(C)(=O)=O)c6)cc45)cc23)c1. The standard InChI is InChI=1S/C31H32FN9O4S2/c1-40(2)6-5-35-23-9-20(8-22(32)10-23)26-15-34-16-29-24(26)11-28(37-29)31-25-12-27(36-17-30(25)38-39-31)21-7-19(13-33-14-21)18-41(46(3,42)43)47(4,44)45/h7-17,35,37H,5-6,18H2,1-4H3,(H,38,39). The summed E-state index contributed by atoms with van der Waals surface area (Å²) in [6.45, 7) is 1.06. The summed E-state index contributed by atoms with van der Waals surface area (Å²) in [5.41, 5.74) is 6.28. The van der Waals surface area contributed by atoms with Gasteiger partial charge in [-0.05, 0) is 61.6 Å². The molecule has 0 aliphatic rings. The van der Waals surface area contributed by atoms with Crippen LogP contribution < -0.4 is 5.32 Å². The molecular weight excluding hydrogens is 646 g/mol. The molecule has 0 aliphatic carbocycles. The van der Waals surface area contributed by atoms with Crippen molar-refractivity contribution in [2.45, 2.75) is 6.54 Å². The van der Waals surface area contributed by atoms with Crippen molar-refractivity contribution in [1.82, 2.24) is 38.7 Å². The normalized spacial score (nSPS) is 12.5. The molecule has 16 heteroatoms. The van der Waals surface area contributed by atoms with Gasteiger partial charge >= 0.3 is 0 Å². The summed E-state index contributed by atoms with van der Waals surface area (Å²) in [6.07, 6.45) is 9.68. The van der Waals surface area contributed by atoms with Gasteiger partial charge in [-0.2, -0.15) is 5.10 Å². The minimum Gasteiger partial charge on any atom is -0.384 e. The van der Waals surface area contributed by atoms with E-state index in [9.17, 15) is 21.2 Å². The van der Waals surface area contributed by atoms with Crippen molar-refractivity contribution in [3.63, 3.8) is 0 Å². The Balaban J connectivity index is 1.35. The van der Waals surface area contributed by atoms with Crippen LogP contribution in [-0.2, 0) is 26.6 Å². The average Bonchev–Trinajstić information content (AvgIpc) is 3.62. The molecule has 0 radical (unpaired) electrons. The van der Waals surface area contributed by atoms with E-state index in [1.54, 1.807) is 30.9 Å². The highest BCUT2D eigenvalue weighted by Gasteiger charge is 2.27. The molecule has 0 spiro atoms. The van der Waals surface area contributed by atoms with Gasteiger partial charge in [0.25, 0.3) is 0 Å². The van der Waals surface area contributed by atoms with E-state index in [1.165, 1.54) is 18.3 Å². The monoisotopic (exact) mass is 677 g/mol. The first-order valence-electron chi connectivity index (χ1n) is 14.4. The van der Waals surface area contributed by atoms with Crippen LogP contribution in [-0.4, -0.2) is 95.3 Å². The highest BCUT2D eigenvalue weighted by atomic mass is 32.3. The van der Waals surface area contributed by atoms with Gasteiger partial charge in [-0.1, -0.05) is 3.71 Å². The van der Waals surface area contributed by atoms with Gasteiger partial charge in [0.15, 0.2) is 0 Å². The molecule has 0 bridgehead atoms. The second-order valence-electron chi connectivity index (χ2n) is 11.5. The first-order valence-corrected chi connectivity index (χ1v) is 18.1.